The molecule has 0 fully saturated rings. The molecule has 1 heterocycles. The van der Waals surface area contributed by atoms with Gasteiger partial charge in [0.2, 0.25) is 0 Å². The van der Waals surface area contributed by atoms with E-state index >= 15 is 0 Å². The first-order chi connectivity index (χ1) is 9.79. The summed E-state index contributed by atoms with van der Waals surface area (Å²) in [6, 6.07) is 5.62. The van der Waals surface area contributed by atoms with Crippen LogP contribution in [-0.2, 0) is 9.84 Å². The normalized spacial score (nSPS) is 11.1. The van der Waals surface area contributed by atoms with Gasteiger partial charge in [0.1, 0.15) is 16.4 Å². The molecular formula is C13H10BrNO5S. The minimum Gasteiger partial charge on any atom is -0.478 e. The van der Waals surface area contributed by atoms with Crippen LogP contribution in [0.3, 0.4) is 0 Å². The minimum absolute atomic E-state index is 0.0300. The van der Waals surface area contributed by atoms with Crippen LogP contribution < -0.4 is 4.74 Å². The summed E-state index contributed by atoms with van der Waals surface area (Å²) < 4.78 is 29.4. The molecule has 1 aromatic heterocycles. The van der Waals surface area contributed by atoms with Gasteiger partial charge in [0.05, 0.1) is 11.8 Å². The first-order valence-corrected chi connectivity index (χ1v) is 8.32. The predicted octanol–water partition coefficient (Wildman–Crippen LogP) is 2.74. The fourth-order valence-corrected chi connectivity index (χ4v) is 2.89. The molecule has 0 bridgehead atoms. The van der Waals surface area contributed by atoms with Crippen LogP contribution >= 0.6 is 15.9 Å². The van der Waals surface area contributed by atoms with Crippen molar-refractivity contribution in [2.75, 3.05) is 6.26 Å². The third kappa shape index (κ3) is 3.59. The Balaban J connectivity index is 2.59. The number of hydrogen-bond donors (Lipinski definition) is 1. The number of pyridine rings is 1. The summed E-state index contributed by atoms with van der Waals surface area (Å²) in [6.45, 7) is 0. The van der Waals surface area contributed by atoms with E-state index in [1.807, 2.05) is 0 Å². The topological polar surface area (TPSA) is 93.6 Å². The van der Waals surface area contributed by atoms with Crippen LogP contribution in [0.2, 0.25) is 0 Å². The molecule has 8 heteroatoms. The van der Waals surface area contributed by atoms with Crippen molar-refractivity contribution in [3.63, 3.8) is 0 Å². The van der Waals surface area contributed by atoms with E-state index in [1.165, 1.54) is 12.3 Å². The van der Waals surface area contributed by atoms with Crippen molar-refractivity contribution in [2.24, 2.45) is 0 Å². The van der Waals surface area contributed by atoms with Crippen LogP contribution in [0.1, 0.15) is 10.4 Å². The number of carboxylic acids is 1. The molecule has 2 aromatic rings. The highest BCUT2D eigenvalue weighted by molar-refractivity contribution is 9.10. The fourth-order valence-electron chi connectivity index (χ4n) is 1.60. The summed E-state index contributed by atoms with van der Waals surface area (Å²) in [7, 11) is -3.66. The van der Waals surface area contributed by atoms with E-state index in [9.17, 15) is 13.2 Å². The van der Waals surface area contributed by atoms with Gasteiger partial charge in [-0.3, -0.25) is 4.98 Å². The maximum Gasteiger partial charge on any atom is 0.336 e. The lowest BCUT2D eigenvalue weighted by atomic mass is 10.2. The molecule has 6 nitrogen and oxygen atoms in total. The lowest BCUT2D eigenvalue weighted by molar-refractivity contribution is 0.0695. The molecule has 0 saturated carbocycles. The van der Waals surface area contributed by atoms with Crippen molar-refractivity contribution in [1.82, 2.24) is 4.98 Å². The molecular weight excluding hydrogens is 362 g/mol. The van der Waals surface area contributed by atoms with Crippen molar-refractivity contribution in [3.05, 3.63) is 46.7 Å². The van der Waals surface area contributed by atoms with E-state index in [4.69, 9.17) is 9.84 Å². The van der Waals surface area contributed by atoms with E-state index < -0.39 is 15.8 Å². The Morgan fingerprint density at radius 1 is 1.38 bits per heavy atom. The summed E-state index contributed by atoms with van der Waals surface area (Å²) in [5.74, 6) is -0.862. The monoisotopic (exact) mass is 371 g/mol. The third-order valence-electron chi connectivity index (χ3n) is 2.53. The SMILES string of the molecule is CS(=O)(=O)c1cc(C(=O)O)c(Br)cc1Oc1cccnc1. The van der Waals surface area contributed by atoms with Crippen molar-refractivity contribution >= 4 is 31.7 Å². The smallest absolute Gasteiger partial charge is 0.336 e. The number of rotatable bonds is 4. The zero-order valence-electron chi connectivity index (χ0n) is 10.8. The number of sulfone groups is 1. The van der Waals surface area contributed by atoms with E-state index in [-0.39, 0.29) is 20.7 Å². The quantitative estimate of drug-likeness (QED) is 0.887. The molecule has 1 N–H and O–H groups in total. The van der Waals surface area contributed by atoms with Crippen LogP contribution in [0.5, 0.6) is 11.5 Å². The van der Waals surface area contributed by atoms with Gasteiger partial charge in [0.15, 0.2) is 9.84 Å². The number of ether oxygens (including phenoxy) is 1. The third-order valence-corrected chi connectivity index (χ3v) is 4.30. The molecule has 2 rings (SSSR count). The van der Waals surface area contributed by atoms with Crippen LogP contribution in [0.15, 0.2) is 46.0 Å². The number of nitrogens with zero attached hydrogens (tertiary/aromatic N) is 1. The van der Waals surface area contributed by atoms with E-state index in [0.717, 1.165) is 12.3 Å². The maximum atomic E-state index is 11.8. The van der Waals surface area contributed by atoms with Crippen LogP contribution in [0, 0.1) is 0 Å². The van der Waals surface area contributed by atoms with E-state index in [2.05, 4.69) is 20.9 Å². The lowest BCUT2D eigenvalue weighted by Gasteiger charge is -2.12. The van der Waals surface area contributed by atoms with Gasteiger partial charge in [-0.1, -0.05) is 0 Å². The summed E-state index contributed by atoms with van der Waals surface area (Å²) in [6.07, 6.45) is 3.96. The van der Waals surface area contributed by atoms with Gasteiger partial charge >= 0.3 is 5.97 Å². The Kier molecular flexibility index (Phi) is 4.29. The average molecular weight is 372 g/mol. The Labute approximate surface area is 129 Å². The van der Waals surface area contributed by atoms with E-state index in [0.29, 0.717) is 5.75 Å². The Morgan fingerprint density at radius 2 is 2.10 bits per heavy atom. The van der Waals surface area contributed by atoms with Gasteiger partial charge in [-0.2, -0.15) is 0 Å². The molecule has 0 aliphatic heterocycles. The molecule has 21 heavy (non-hydrogen) atoms. The first-order valence-electron chi connectivity index (χ1n) is 5.64. The van der Waals surface area contributed by atoms with Gasteiger partial charge < -0.3 is 9.84 Å². The minimum atomic E-state index is -3.66. The van der Waals surface area contributed by atoms with Crippen LogP contribution in [0.25, 0.3) is 0 Å². The second kappa shape index (κ2) is 5.82. The summed E-state index contributed by atoms with van der Waals surface area (Å²) in [5, 5.41) is 9.06. The zero-order valence-corrected chi connectivity index (χ0v) is 13.2. The Morgan fingerprint density at radius 3 is 2.62 bits per heavy atom. The molecule has 0 aliphatic carbocycles. The molecule has 0 unspecified atom stereocenters. The summed E-state index contributed by atoms with van der Waals surface area (Å²) >= 11 is 3.09. The number of aromatic carboxylic acids is 1. The molecule has 110 valence electrons. The largest absolute Gasteiger partial charge is 0.478 e. The summed E-state index contributed by atoms with van der Waals surface area (Å²) in [4.78, 5) is 14.8. The van der Waals surface area contributed by atoms with Crippen molar-refractivity contribution in [1.29, 1.82) is 0 Å². The average Bonchev–Trinajstić information content (AvgIpc) is 2.38. The second-order valence-corrected chi connectivity index (χ2v) is 6.99. The highest BCUT2D eigenvalue weighted by atomic mass is 79.9. The first kappa shape index (κ1) is 15.5. The van der Waals surface area contributed by atoms with Crippen molar-refractivity contribution in [3.8, 4) is 11.5 Å². The van der Waals surface area contributed by atoms with E-state index in [1.54, 1.807) is 18.3 Å². The molecule has 0 spiro atoms. The van der Waals surface area contributed by atoms with Crippen LogP contribution in [0.4, 0.5) is 0 Å². The zero-order chi connectivity index (χ0) is 15.6. The highest BCUT2D eigenvalue weighted by Crippen LogP contribution is 2.33. The molecule has 0 saturated heterocycles. The standard InChI is InChI=1S/C13H10BrNO5S/c1-21(18,19)12-5-9(13(16)17)10(14)6-11(12)20-8-3-2-4-15-7-8/h2-7H,1H3,(H,16,17). The molecule has 0 atom stereocenters. The Hall–Kier alpha value is -1.93. The summed E-state index contributed by atoms with van der Waals surface area (Å²) in [5.41, 5.74) is -0.158. The number of halogens is 1. The predicted molar refractivity (Wildman–Crippen MR) is 78.5 cm³/mol. The number of carboxylic acid groups (broad SMARTS) is 1. The van der Waals surface area contributed by atoms with Gasteiger partial charge in [-0.15, -0.1) is 0 Å². The Bertz CT molecular complexity index is 790. The second-order valence-electron chi connectivity index (χ2n) is 4.15. The highest BCUT2D eigenvalue weighted by Gasteiger charge is 2.21. The fraction of sp³-hybridized carbons (Fsp3) is 0.0769. The number of aromatic nitrogens is 1. The van der Waals surface area contributed by atoms with Crippen molar-refractivity contribution in [2.45, 2.75) is 4.90 Å². The molecule has 0 aliphatic rings. The van der Waals surface area contributed by atoms with Gasteiger partial charge in [-0.25, -0.2) is 13.2 Å². The number of benzene rings is 1. The van der Waals surface area contributed by atoms with Crippen molar-refractivity contribution < 1.29 is 23.1 Å². The van der Waals surface area contributed by atoms with Gasteiger partial charge in [0, 0.05) is 16.9 Å². The van der Waals surface area contributed by atoms with Gasteiger partial charge in [0.25, 0.3) is 0 Å². The van der Waals surface area contributed by atoms with Gasteiger partial charge in [-0.05, 0) is 40.2 Å². The molecule has 0 amide bonds. The lowest BCUT2D eigenvalue weighted by Crippen LogP contribution is -2.05. The maximum absolute atomic E-state index is 11.8. The number of hydrogen-bond acceptors (Lipinski definition) is 5. The molecule has 1 aromatic carbocycles. The number of carbonyl (C=O) groups is 1. The van der Waals surface area contributed by atoms with Crippen LogP contribution in [-0.4, -0.2) is 30.7 Å². The molecule has 0 radical (unpaired) electrons.